The van der Waals surface area contributed by atoms with Gasteiger partial charge in [-0.25, -0.2) is 4.21 Å². The van der Waals surface area contributed by atoms with Crippen LogP contribution in [0, 0.1) is 0 Å². The molecule has 0 aliphatic carbocycles. The topological polar surface area (TPSA) is 26.3 Å². The van der Waals surface area contributed by atoms with Crippen LogP contribution in [0.1, 0.15) is 24.5 Å². The first-order valence-electron chi connectivity index (χ1n) is 8.87. The lowest BCUT2D eigenvalue weighted by Crippen LogP contribution is -2.27. The molecule has 0 bridgehead atoms. The summed E-state index contributed by atoms with van der Waals surface area (Å²) in [5, 5.41) is 1.32. The lowest BCUT2D eigenvalue weighted by Gasteiger charge is -2.31. The van der Waals surface area contributed by atoms with Crippen molar-refractivity contribution in [3.05, 3.63) is 111 Å². The van der Waals surface area contributed by atoms with Crippen molar-refractivity contribution in [2.24, 2.45) is 0 Å². The first-order valence-corrected chi connectivity index (χ1v) is 10.8. The van der Waals surface area contributed by atoms with Crippen LogP contribution in [0.25, 0.3) is 0 Å². The van der Waals surface area contributed by atoms with Gasteiger partial charge in [0.05, 0.1) is 15.7 Å². The number of allylic oxidation sites excluding steroid dienone is 1. The Balaban J connectivity index is 1.79. The Morgan fingerprint density at radius 2 is 1.32 bits per heavy atom. The Morgan fingerprint density at radius 1 is 0.821 bits per heavy atom. The summed E-state index contributed by atoms with van der Waals surface area (Å²) >= 11 is 12.2. The molecule has 0 N–H and O–H groups in total. The molecule has 1 aliphatic heterocycles. The van der Waals surface area contributed by atoms with Crippen LogP contribution in [-0.4, -0.2) is 4.21 Å². The average Bonchev–Trinajstić information content (AvgIpc) is 3.07. The molecule has 4 rings (SSSR count). The second kappa shape index (κ2) is 7.75. The molecule has 1 heterocycles. The van der Waals surface area contributed by atoms with E-state index in [1.54, 1.807) is 0 Å². The van der Waals surface area contributed by atoms with E-state index in [9.17, 15) is 4.21 Å². The lowest BCUT2D eigenvalue weighted by molar-refractivity contribution is 0.0624. The summed E-state index contributed by atoms with van der Waals surface area (Å²) in [6.45, 7) is 1.88. The molecule has 5 heteroatoms. The van der Waals surface area contributed by atoms with E-state index in [0.29, 0.717) is 22.2 Å². The largest absolute Gasteiger partial charge is 0.481 e. The van der Waals surface area contributed by atoms with Crippen molar-refractivity contribution in [1.82, 2.24) is 0 Å². The highest BCUT2D eigenvalue weighted by atomic mass is 35.5. The average molecular weight is 429 g/mol. The fourth-order valence-corrected chi connectivity index (χ4v) is 5.09. The van der Waals surface area contributed by atoms with E-state index in [4.69, 9.17) is 27.9 Å². The van der Waals surface area contributed by atoms with Crippen LogP contribution in [-0.2, 0) is 21.1 Å². The standard InChI is InChI=1S/C23H18Cl2O2S/c1-16-22(28(26)21-5-3-2-4-6-21)15-23(27-16,17-7-11-19(24)12-8-17)18-9-13-20(25)14-10-18/h2-14H,15H2,1H3. The summed E-state index contributed by atoms with van der Waals surface area (Å²) in [7, 11) is -1.29. The molecule has 1 unspecified atom stereocenters. The fourth-order valence-electron chi connectivity index (χ4n) is 3.51. The van der Waals surface area contributed by atoms with Gasteiger partial charge < -0.3 is 4.74 Å². The Morgan fingerprint density at radius 3 is 1.82 bits per heavy atom. The Labute approximate surface area is 177 Å². The van der Waals surface area contributed by atoms with E-state index < -0.39 is 16.4 Å². The van der Waals surface area contributed by atoms with Crippen LogP contribution in [0.5, 0.6) is 0 Å². The van der Waals surface area contributed by atoms with Crippen molar-refractivity contribution in [2.75, 3.05) is 0 Å². The molecule has 0 aromatic heterocycles. The maximum atomic E-state index is 13.2. The molecule has 142 valence electrons. The molecule has 1 atom stereocenters. The number of halogens is 2. The van der Waals surface area contributed by atoms with Gasteiger partial charge in [0.1, 0.15) is 5.76 Å². The summed E-state index contributed by atoms with van der Waals surface area (Å²) in [4.78, 5) is 1.56. The van der Waals surface area contributed by atoms with Crippen molar-refractivity contribution >= 4 is 34.0 Å². The second-order valence-corrected chi connectivity index (χ2v) is 9.06. The van der Waals surface area contributed by atoms with E-state index in [1.807, 2.05) is 85.8 Å². The summed E-state index contributed by atoms with van der Waals surface area (Å²) in [5.41, 5.74) is 1.15. The molecule has 28 heavy (non-hydrogen) atoms. The number of hydrogen-bond donors (Lipinski definition) is 0. The zero-order valence-electron chi connectivity index (χ0n) is 15.2. The quantitative estimate of drug-likeness (QED) is 0.462. The third-order valence-electron chi connectivity index (χ3n) is 4.93. The van der Waals surface area contributed by atoms with Crippen LogP contribution < -0.4 is 0 Å². The minimum Gasteiger partial charge on any atom is -0.481 e. The first-order chi connectivity index (χ1) is 13.5. The van der Waals surface area contributed by atoms with Crippen molar-refractivity contribution in [2.45, 2.75) is 23.8 Å². The van der Waals surface area contributed by atoms with E-state index in [2.05, 4.69) is 0 Å². The van der Waals surface area contributed by atoms with Gasteiger partial charge in [-0.1, -0.05) is 65.7 Å². The van der Waals surface area contributed by atoms with E-state index in [-0.39, 0.29) is 0 Å². The predicted octanol–water partition coefficient (Wildman–Crippen LogP) is 6.70. The van der Waals surface area contributed by atoms with Crippen LogP contribution in [0.4, 0.5) is 0 Å². The molecule has 3 aromatic rings. The maximum absolute atomic E-state index is 13.2. The minimum absolute atomic E-state index is 0.490. The molecule has 0 saturated carbocycles. The third kappa shape index (κ3) is 3.50. The van der Waals surface area contributed by atoms with E-state index in [0.717, 1.165) is 20.9 Å². The molecule has 0 saturated heterocycles. The van der Waals surface area contributed by atoms with Gasteiger partial charge in [0.15, 0.2) is 5.60 Å². The van der Waals surface area contributed by atoms with Gasteiger partial charge in [0.2, 0.25) is 0 Å². The van der Waals surface area contributed by atoms with Gasteiger partial charge in [-0.15, -0.1) is 0 Å². The lowest BCUT2D eigenvalue weighted by atomic mass is 9.84. The summed E-state index contributed by atoms with van der Waals surface area (Å²) in [6.07, 6.45) is 0.490. The molecular weight excluding hydrogens is 411 g/mol. The zero-order chi connectivity index (χ0) is 19.7. The second-order valence-electron chi connectivity index (χ2n) is 6.68. The third-order valence-corrected chi connectivity index (χ3v) is 7.02. The Bertz CT molecular complexity index is 997. The van der Waals surface area contributed by atoms with Gasteiger partial charge in [0, 0.05) is 32.5 Å². The summed E-state index contributed by atoms with van der Waals surface area (Å²) < 4.78 is 19.7. The van der Waals surface area contributed by atoms with Crippen LogP contribution >= 0.6 is 23.2 Å². The van der Waals surface area contributed by atoms with Gasteiger partial charge in [-0.2, -0.15) is 0 Å². The van der Waals surface area contributed by atoms with E-state index >= 15 is 0 Å². The van der Waals surface area contributed by atoms with Gasteiger partial charge in [-0.3, -0.25) is 0 Å². The fraction of sp³-hybridized carbons (Fsp3) is 0.130. The highest BCUT2D eigenvalue weighted by Gasteiger charge is 2.44. The molecule has 1 aliphatic rings. The minimum atomic E-state index is -1.29. The molecule has 2 nitrogen and oxygen atoms in total. The highest BCUT2D eigenvalue weighted by Crippen LogP contribution is 2.48. The van der Waals surface area contributed by atoms with Crippen molar-refractivity contribution < 1.29 is 8.95 Å². The summed E-state index contributed by atoms with van der Waals surface area (Å²) in [6, 6.07) is 24.7. The first kappa shape index (κ1) is 19.3. The Kier molecular flexibility index (Phi) is 5.33. The summed E-state index contributed by atoms with van der Waals surface area (Å²) in [5.74, 6) is 0.687. The van der Waals surface area contributed by atoms with Crippen molar-refractivity contribution in [3.8, 4) is 0 Å². The number of benzene rings is 3. The van der Waals surface area contributed by atoms with Crippen LogP contribution in [0.2, 0.25) is 10.0 Å². The SMILES string of the molecule is CC1=C(S(=O)c2ccccc2)CC(c2ccc(Cl)cc2)(c2ccc(Cl)cc2)O1. The monoisotopic (exact) mass is 428 g/mol. The number of hydrogen-bond acceptors (Lipinski definition) is 2. The van der Waals surface area contributed by atoms with Crippen molar-refractivity contribution in [3.63, 3.8) is 0 Å². The molecule has 0 amide bonds. The molecule has 3 aromatic carbocycles. The van der Waals surface area contributed by atoms with Gasteiger partial charge in [0.25, 0.3) is 0 Å². The van der Waals surface area contributed by atoms with Crippen LogP contribution in [0.3, 0.4) is 0 Å². The number of rotatable bonds is 4. The maximum Gasteiger partial charge on any atom is 0.163 e. The van der Waals surface area contributed by atoms with Crippen molar-refractivity contribution in [1.29, 1.82) is 0 Å². The molecular formula is C23H18Cl2O2S. The molecule has 0 spiro atoms. The molecule has 0 fully saturated rings. The normalized spacial score (nSPS) is 16.7. The van der Waals surface area contributed by atoms with Gasteiger partial charge >= 0.3 is 0 Å². The molecule has 0 radical (unpaired) electrons. The zero-order valence-corrected chi connectivity index (χ0v) is 17.5. The van der Waals surface area contributed by atoms with Gasteiger partial charge in [-0.05, 0) is 43.3 Å². The van der Waals surface area contributed by atoms with Crippen LogP contribution in [0.15, 0.2) is 94.4 Å². The highest BCUT2D eigenvalue weighted by molar-refractivity contribution is 7.89. The number of ether oxygens (including phenoxy) is 1. The predicted molar refractivity (Wildman–Crippen MR) is 115 cm³/mol. The Hall–Kier alpha value is -2.07. The smallest absolute Gasteiger partial charge is 0.163 e. The van der Waals surface area contributed by atoms with E-state index in [1.165, 1.54) is 0 Å².